The van der Waals surface area contributed by atoms with Gasteiger partial charge in [0.1, 0.15) is 11.9 Å². The number of ether oxygens (including phenoxy) is 2. The van der Waals surface area contributed by atoms with Gasteiger partial charge >= 0.3 is 0 Å². The Hall–Kier alpha value is -2.69. The molecular formula is C24H29FIN3O4. The van der Waals surface area contributed by atoms with Crippen LogP contribution in [0.4, 0.5) is 4.39 Å². The minimum absolute atomic E-state index is 0.0101. The van der Waals surface area contributed by atoms with Crippen LogP contribution >= 0.6 is 22.6 Å². The van der Waals surface area contributed by atoms with E-state index in [9.17, 15) is 14.0 Å². The van der Waals surface area contributed by atoms with Gasteiger partial charge in [-0.1, -0.05) is 26.0 Å². The summed E-state index contributed by atoms with van der Waals surface area (Å²) in [6.45, 7) is 9.79. The number of carbonyl (C=O) groups is 2. The number of hydrogen-bond donors (Lipinski definition) is 2. The summed E-state index contributed by atoms with van der Waals surface area (Å²) >= 11 is 2.16. The molecule has 0 aliphatic heterocycles. The Morgan fingerprint density at radius 1 is 1.18 bits per heavy atom. The van der Waals surface area contributed by atoms with E-state index < -0.39 is 23.7 Å². The number of hydrazone groups is 1. The molecule has 0 aliphatic carbocycles. The minimum Gasteiger partial charge on any atom is -0.490 e. The molecule has 0 aliphatic rings. The predicted molar refractivity (Wildman–Crippen MR) is 134 cm³/mol. The van der Waals surface area contributed by atoms with Gasteiger partial charge in [0.2, 0.25) is 0 Å². The summed E-state index contributed by atoms with van der Waals surface area (Å²) in [5.74, 6) is -0.824. The highest BCUT2D eigenvalue weighted by atomic mass is 127. The summed E-state index contributed by atoms with van der Waals surface area (Å²) in [4.78, 5) is 25.1. The Labute approximate surface area is 207 Å². The maximum Gasteiger partial charge on any atom is 0.262 e. The third-order valence-electron chi connectivity index (χ3n) is 4.43. The lowest BCUT2D eigenvalue weighted by atomic mass is 10.0. The molecule has 2 aromatic carbocycles. The number of amides is 2. The van der Waals surface area contributed by atoms with Crippen molar-refractivity contribution in [2.45, 2.75) is 46.8 Å². The van der Waals surface area contributed by atoms with Crippen LogP contribution in [0.1, 0.15) is 50.5 Å². The summed E-state index contributed by atoms with van der Waals surface area (Å²) in [6, 6.07) is 8.35. The zero-order valence-corrected chi connectivity index (χ0v) is 21.5. The van der Waals surface area contributed by atoms with E-state index in [1.165, 1.54) is 24.4 Å². The molecule has 0 bridgehead atoms. The number of benzene rings is 2. The number of halogens is 2. The highest BCUT2D eigenvalue weighted by Crippen LogP contribution is 2.34. The van der Waals surface area contributed by atoms with Crippen molar-refractivity contribution in [3.63, 3.8) is 0 Å². The number of nitrogens with zero attached hydrogens (tertiary/aromatic N) is 1. The van der Waals surface area contributed by atoms with Gasteiger partial charge in [-0.25, -0.2) is 9.82 Å². The van der Waals surface area contributed by atoms with Gasteiger partial charge in [-0.3, -0.25) is 9.59 Å². The zero-order valence-electron chi connectivity index (χ0n) is 19.3. The Bertz CT molecular complexity index is 1010. The number of nitrogens with one attached hydrogen (secondary N) is 2. The lowest BCUT2D eigenvalue weighted by Gasteiger charge is -2.20. The van der Waals surface area contributed by atoms with Gasteiger partial charge in [0.05, 0.1) is 28.1 Å². The molecule has 1 unspecified atom stereocenters. The first-order valence-electron chi connectivity index (χ1n) is 10.6. The highest BCUT2D eigenvalue weighted by Gasteiger charge is 2.25. The van der Waals surface area contributed by atoms with Gasteiger partial charge in [-0.15, -0.1) is 0 Å². The molecule has 0 saturated heterocycles. The van der Waals surface area contributed by atoms with Gasteiger partial charge in [0.15, 0.2) is 11.5 Å². The molecule has 7 nitrogen and oxygen atoms in total. The fraction of sp³-hybridized carbons (Fsp3) is 0.375. The standard InChI is InChI=1S/C24H29FIN3O4/c1-6-32-20-12-16(11-19(26)22(20)33-15(4)5)13-27-29-24(31)21(14(2)3)28-23(30)17-9-7-8-10-18(17)25/h7-15,21H,6H2,1-5H3,(H,28,30)(H,29,31)/b27-13+. The first-order valence-corrected chi connectivity index (χ1v) is 11.7. The van der Waals surface area contributed by atoms with Crippen molar-refractivity contribution in [3.8, 4) is 11.5 Å². The smallest absolute Gasteiger partial charge is 0.262 e. The first kappa shape index (κ1) is 26.6. The second-order valence-electron chi connectivity index (χ2n) is 7.84. The Morgan fingerprint density at radius 3 is 2.48 bits per heavy atom. The minimum atomic E-state index is -0.893. The molecule has 2 N–H and O–H groups in total. The zero-order chi connectivity index (χ0) is 24.5. The third-order valence-corrected chi connectivity index (χ3v) is 5.23. The Morgan fingerprint density at radius 2 is 1.88 bits per heavy atom. The molecule has 178 valence electrons. The van der Waals surface area contributed by atoms with Gasteiger partial charge in [0, 0.05) is 0 Å². The SMILES string of the molecule is CCOc1cc(/C=N/NC(=O)C(NC(=O)c2ccccc2F)C(C)C)cc(I)c1OC(C)C. The van der Waals surface area contributed by atoms with Crippen LogP contribution < -0.4 is 20.2 Å². The highest BCUT2D eigenvalue weighted by molar-refractivity contribution is 14.1. The summed E-state index contributed by atoms with van der Waals surface area (Å²) < 4.78 is 26.3. The summed E-state index contributed by atoms with van der Waals surface area (Å²) in [5, 5.41) is 6.61. The molecule has 0 spiro atoms. The van der Waals surface area contributed by atoms with Gasteiger partial charge < -0.3 is 14.8 Å². The van der Waals surface area contributed by atoms with Crippen molar-refractivity contribution < 1.29 is 23.5 Å². The van der Waals surface area contributed by atoms with Crippen LogP contribution in [0.2, 0.25) is 0 Å². The van der Waals surface area contributed by atoms with Crippen LogP contribution in [0.15, 0.2) is 41.5 Å². The Kier molecular flexibility index (Phi) is 10.1. The van der Waals surface area contributed by atoms with E-state index in [0.29, 0.717) is 23.7 Å². The second kappa shape index (κ2) is 12.5. The lowest BCUT2D eigenvalue weighted by Crippen LogP contribution is -2.48. The van der Waals surface area contributed by atoms with Crippen LogP contribution in [-0.2, 0) is 4.79 Å². The fourth-order valence-electron chi connectivity index (χ4n) is 2.91. The van der Waals surface area contributed by atoms with Gasteiger partial charge in [0.25, 0.3) is 11.8 Å². The van der Waals surface area contributed by atoms with Crippen LogP contribution in [0.25, 0.3) is 0 Å². The fourth-order valence-corrected chi connectivity index (χ4v) is 3.67. The van der Waals surface area contributed by atoms with Crippen molar-refractivity contribution in [2.75, 3.05) is 6.61 Å². The third kappa shape index (κ3) is 7.69. The average molecular weight is 569 g/mol. The lowest BCUT2D eigenvalue weighted by molar-refractivity contribution is -0.123. The van der Waals surface area contributed by atoms with E-state index in [2.05, 4.69) is 38.4 Å². The summed E-state index contributed by atoms with van der Waals surface area (Å²) in [7, 11) is 0. The number of rotatable bonds is 10. The molecule has 9 heteroatoms. The normalized spacial score (nSPS) is 12.2. The van der Waals surface area contributed by atoms with Crippen molar-refractivity contribution in [1.82, 2.24) is 10.7 Å². The van der Waals surface area contributed by atoms with E-state index >= 15 is 0 Å². The number of carbonyl (C=O) groups excluding carboxylic acids is 2. The van der Waals surface area contributed by atoms with Crippen molar-refractivity contribution >= 4 is 40.6 Å². The molecule has 2 amide bonds. The van der Waals surface area contributed by atoms with E-state index in [4.69, 9.17) is 9.47 Å². The maximum atomic E-state index is 13.9. The molecule has 0 heterocycles. The van der Waals surface area contributed by atoms with Gasteiger partial charge in [-0.05, 0) is 79.1 Å². The topological polar surface area (TPSA) is 89.0 Å². The van der Waals surface area contributed by atoms with E-state index in [0.717, 1.165) is 3.57 Å². The summed E-state index contributed by atoms with van der Waals surface area (Å²) in [6.07, 6.45) is 1.47. The molecule has 0 radical (unpaired) electrons. The summed E-state index contributed by atoms with van der Waals surface area (Å²) in [5.41, 5.74) is 3.03. The average Bonchev–Trinajstić information content (AvgIpc) is 2.74. The van der Waals surface area contributed by atoms with Crippen molar-refractivity contribution in [2.24, 2.45) is 11.0 Å². The van der Waals surface area contributed by atoms with E-state index in [1.807, 2.05) is 26.8 Å². The van der Waals surface area contributed by atoms with Crippen molar-refractivity contribution in [3.05, 3.63) is 56.9 Å². The molecular weight excluding hydrogens is 540 g/mol. The van der Waals surface area contributed by atoms with Crippen LogP contribution in [0, 0.1) is 15.3 Å². The molecule has 33 heavy (non-hydrogen) atoms. The molecule has 0 saturated carbocycles. The molecule has 1 atom stereocenters. The first-order chi connectivity index (χ1) is 15.6. The number of hydrogen-bond acceptors (Lipinski definition) is 5. The predicted octanol–water partition coefficient (Wildman–Crippen LogP) is 4.52. The largest absolute Gasteiger partial charge is 0.490 e. The quantitative estimate of drug-likeness (QED) is 0.250. The molecule has 2 rings (SSSR count). The van der Waals surface area contributed by atoms with Crippen LogP contribution in [0.5, 0.6) is 11.5 Å². The monoisotopic (exact) mass is 569 g/mol. The van der Waals surface area contributed by atoms with Crippen LogP contribution in [0.3, 0.4) is 0 Å². The van der Waals surface area contributed by atoms with Gasteiger partial charge in [-0.2, -0.15) is 5.10 Å². The molecule has 2 aromatic rings. The molecule has 0 aromatic heterocycles. The Balaban J connectivity index is 2.13. The van der Waals surface area contributed by atoms with Crippen molar-refractivity contribution in [1.29, 1.82) is 0 Å². The van der Waals surface area contributed by atoms with Crippen LogP contribution in [-0.4, -0.2) is 36.8 Å². The molecule has 0 fully saturated rings. The maximum absolute atomic E-state index is 13.9. The van der Waals surface area contributed by atoms with E-state index in [-0.39, 0.29) is 17.6 Å². The second-order valence-corrected chi connectivity index (χ2v) is 9.00. The van der Waals surface area contributed by atoms with E-state index in [1.54, 1.807) is 26.0 Å².